The van der Waals surface area contributed by atoms with Crippen molar-refractivity contribution in [2.24, 2.45) is 10.8 Å². The lowest BCUT2D eigenvalue weighted by Gasteiger charge is -2.35. The second kappa shape index (κ2) is 7.40. The van der Waals surface area contributed by atoms with E-state index in [1.807, 2.05) is 0 Å². The molecule has 0 aromatic rings. The van der Waals surface area contributed by atoms with E-state index in [0.29, 0.717) is 22.4 Å². The van der Waals surface area contributed by atoms with E-state index < -0.39 is 11.9 Å². The molecule has 4 fully saturated rings. The van der Waals surface area contributed by atoms with Gasteiger partial charge < -0.3 is 20.8 Å². The molecule has 134 valence electrons. The minimum atomic E-state index is -1.82. The first-order valence-electron chi connectivity index (χ1n) is 8.17. The van der Waals surface area contributed by atoms with Gasteiger partial charge >= 0.3 is 11.9 Å². The van der Waals surface area contributed by atoms with Crippen LogP contribution in [0.15, 0.2) is 0 Å². The predicted molar refractivity (Wildman–Crippen MR) is 83.6 cm³/mol. The molecule has 8 nitrogen and oxygen atoms in total. The first-order valence-corrected chi connectivity index (χ1v) is 8.17. The van der Waals surface area contributed by atoms with Crippen molar-refractivity contribution in [3.8, 4) is 0 Å². The number of carboxylic acids is 2. The Balaban J connectivity index is 0.000000134. The summed E-state index contributed by atoms with van der Waals surface area (Å²) >= 11 is 0. The van der Waals surface area contributed by atoms with Crippen LogP contribution in [0.5, 0.6) is 0 Å². The van der Waals surface area contributed by atoms with E-state index in [1.165, 1.54) is 12.8 Å². The van der Waals surface area contributed by atoms with Gasteiger partial charge in [0.15, 0.2) is 0 Å². The maximum Gasteiger partial charge on any atom is 0.414 e. The highest BCUT2D eigenvalue weighted by molar-refractivity contribution is 6.27. The Hall–Kier alpha value is -1.80. The molecule has 2 saturated heterocycles. The van der Waals surface area contributed by atoms with Gasteiger partial charge in [-0.15, -0.1) is 0 Å². The molecule has 0 aromatic carbocycles. The van der Waals surface area contributed by atoms with E-state index in [1.54, 1.807) is 0 Å². The van der Waals surface area contributed by atoms with Gasteiger partial charge in [0.2, 0.25) is 0 Å². The van der Waals surface area contributed by atoms with Gasteiger partial charge in [0.05, 0.1) is 0 Å². The SMILES string of the molecule is O=C(O)C(=O)O.O=C1CC2(CCNC2)C1.O=C1CC2(CCNC2)C1. The van der Waals surface area contributed by atoms with E-state index in [4.69, 9.17) is 19.8 Å². The Kier molecular flexibility index (Phi) is 5.71. The van der Waals surface area contributed by atoms with Crippen molar-refractivity contribution < 1.29 is 29.4 Å². The van der Waals surface area contributed by atoms with Crippen LogP contribution >= 0.6 is 0 Å². The fourth-order valence-electron chi connectivity index (χ4n) is 3.76. The Bertz CT molecular complexity index is 465. The largest absolute Gasteiger partial charge is 0.473 e. The number of nitrogens with one attached hydrogen (secondary N) is 2. The Labute approximate surface area is 140 Å². The lowest BCUT2D eigenvalue weighted by molar-refractivity contribution is -0.159. The van der Waals surface area contributed by atoms with Crippen molar-refractivity contribution >= 4 is 23.5 Å². The highest BCUT2D eigenvalue weighted by atomic mass is 16.4. The summed E-state index contributed by atoms with van der Waals surface area (Å²) in [4.78, 5) is 39.5. The fourth-order valence-corrected chi connectivity index (χ4v) is 3.76. The van der Waals surface area contributed by atoms with Crippen LogP contribution in [0.2, 0.25) is 0 Å². The second-order valence-corrected chi connectivity index (χ2v) is 7.25. The molecule has 4 aliphatic rings. The van der Waals surface area contributed by atoms with E-state index >= 15 is 0 Å². The van der Waals surface area contributed by atoms with Crippen LogP contribution in [-0.2, 0) is 19.2 Å². The van der Waals surface area contributed by atoms with Gasteiger partial charge in [0, 0.05) is 38.8 Å². The molecule has 2 aliphatic heterocycles. The summed E-state index contributed by atoms with van der Waals surface area (Å²) in [6, 6.07) is 0. The second-order valence-electron chi connectivity index (χ2n) is 7.25. The number of hydrogen-bond acceptors (Lipinski definition) is 6. The molecular weight excluding hydrogens is 316 g/mol. The minimum Gasteiger partial charge on any atom is -0.473 e. The molecule has 2 heterocycles. The van der Waals surface area contributed by atoms with Crippen molar-refractivity contribution in [2.75, 3.05) is 26.2 Å². The monoisotopic (exact) mass is 340 g/mol. The lowest BCUT2D eigenvalue weighted by Crippen LogP contribution is -2.39. The standard InChI is InChI=1S/2C7H11NO.C2H2O4/c2*9-6-3-7(4-6)1-2-8-5-7;3-1(4)2(5)6/h2*8H,1-5H2;(H,3,4)(H,5,6). The molecule has 2 spiro atoms. The molecule has 24 heavy (non-hydrogen) atoms. The van der Waals surface area contributed by atoms with Gasteiger partial charge in [-0.25, -0.2) is 9.59 Å². The van der Waals surface area contributed by atoms with Gasteiger partial charge in [0.25, 0.3) is 0 Å². The predicted octanol–water partition coefficient (Wildman–Crippen LogP) is -0.186. The quantitative estimate of drug-likeness (QED) is 0.446. The third kappa shape index (κ3) is 4.61. The van der Waals surface area contributed by atoms with Gasteiger partial charge in [-0.05, 0) is 36.8 Å². The summed E-state index contributed by atoms with van der Waals surface area (Å²) in [6.07, 6.45) is 5.83. The third-order valence-corrected chi connectivity index (χ3v) is 5.14. The highest BCUT2D eigenvalue weighted by Gasteiger charge is 2.45. The average Bonchev–Trinajstić information content (AvgIpc) is 3.09. The number of rotatable bonds is 0. The smallest absolute Gasteiger partial charge is 0.414 e. The molecule has 0 amide bonds. The van der Waals surface area contributed by atoms with Crippen molar-refractivity contribution in [1.29, 1.82) is 0 Å². The number of carboxylic acid groups (broad SMARTS) is 2. The van der Waals surface area contributed by atoms with Gasteiger partial charge in [0.1, 0.15) is 11.6 Å². The summed E-state index contributed by atoms with van der Waals surface area (Å²) in [6.45, 7) is 4.40. The van der Waals surface area contributed by atoms with E-state index in [9.17, 15) is 9.59 Å². The van der Waals surface area contributed by atoms with Crippen LogP contribution in [0.4, 0.5) is 0 Å². The Morgan fingerprint density at radius 1 is 0.750 bits per heavy atom. The van der Waals surface area contributed by atoms with Gasteiger partial charge in [-0.2, -0.15) is 0 Å². The minimum absolute atomic E-state index is 0.428. The molecule has 2 aliphatic carbocycles. The fraction of sp³-hybridized carbons (Fsp3) is 0.750. The molecule has 0 radical (unpaired) electrons. The lowest BCUT2D eigenvalue weighted by atomic mass is 9.67. The van der Waals surface area contributed by atoms with Crippen LogP contribution in [0.1, 0.15) is 38.5 Å². The number of aliphatic carboxylic acids is 2. The maximum atomic E-state index is 10.6. The zero-order valence-corrected chi connectivity index (χ0v) is 13.6. The summed E-state index contributed by atoms with van der Waals surface area (Å²) < 4.78 is 0. The van der Waals surface area contributed by atoms with E-state index in [2.05, 4.69) is 10.6 Å². The van der Waals surface area contributed by atoms with Gasteiger partial charge in [-0.3, -0.25) is 9.59 Å². The Morgan fingerprint density at radius 2 is 1.08 bits per heavy atom. The molecule has 8 heteroatoms. The summed E-state index contributed by atoms with van der Waals surface area (Å²) in [5, 5.41) is 21.3. The van der Waals surface area contributed by atoms with E-state index in [0.717, 1.165) is 51.9 Å². The molecule has 2 saturated carbocycles. The van der Waals surface area contributed by atoms with Crippen LogP contribution in [0.3, 0.4) is 0 Å². The Morgan fingerprint density at radius 3 is 1.25 bits per heavy atom. The molecule has 0 bridgehead atoms. The van der Waals surface area contributed by atoms with Crippen molar-refractivity contribution in [2.45, 2.75) is 38.5 Å². The summed E-state index contributed by atoms with van der Waals surface area (Å²) in [7, 11) is 0. The third-order valence-electron chi connectivity index (χ3n) is 5.14. The highest BCUT2D eigenvalue weighted by Crippen LogP contribution is 2.43. The normalized spacial score (nSPS) is 25.0. The molecule has 4 N–H and O–H groups in total. The number of hydrogen-bond donors (Lipinski definition) is 4. The van der Waals surface area contributed by atoms with Crippen LogP contribution < -0.4 is 10.6 Å². The molecular formula is C16H24N2O6. The van der Waals surface area contributed by atoms with Crippen LogP contribution in [-0.4, -0.2) is 59.9 Å². The van der Waals surface area contributed by atoms with E-state index in [-0.39, 0.29) is 0 Å². The first kappa shape index (κ1) is 18.5. The number of carbonyl (C=O) groups excluding carboxylic acids is 2. The van der Waals surface area contributed by atoms with Crippen molar-refractivity contribution in [3.63, 3.8) is 0 Å². The first-order chi connectivity index (χ1) is 11.3. The molecule has 0 unspecified atom stereocenters. The van der Waals surface area contributed by atoms with Gasteiger partial charge in [-0.1, -0.05) is 0 Å². The van der Waals surface area contributed by atoms with Crippen LogP contribution in [0.25, 0.3) is 0 Å². The van der Waals surface area contributed by atoms with Crippen molar-refractivity contribution in [3.05, 3.63) is 0 Å². The molecule has 4 rings (SSSR count). The maximum absolute atomic E-state index is 10.6. The number of ketones is 2. The zero-order valence-electron chi connectivity index (χ0n) is 13.6. The molecule has 0 atom stereocenters. The number of carbonyl (C=O) groups is 4. The molecule has 0 aromatic heterocycles. The number of Topliss-reactive ketones (excluding diaryl/α,β-unsaturated/α-hetero) is 2. The van der Waals surface area contributed by atoms with Crippen LogP contribution in [0, 0.1) is 10.8 Å². The average molecular weight is 340 g/mol. The zero-order chi connectivity index (χ0) is 17.8. The summed E-state index contributed by atoms with van der Waals surface area (Å²) in [5.41, 5.74) is 0.855. The topological polar surface area (TPSA) is 133 Å². The summed E-state index contributed by atoms with van der Waals surface area (Å²) in [5.74, 6) is -2.73. The van der Waals surface area contributed by atoms with Crippen molar-refractivity contribution in [1.82, 2.24) is 10.6 Å².